The molecule has 0 spiro atoms. The second kappa shape index (κ2) is 9.69. The average molecular weight is 492 g/mol. The van der Waals surface area contributed by atoms with Gasteiger partial charge in [0, 0.05) is 17.3 Å². The summed E-state index contributed by atoms with van der Waals surface area (Å²) >= 11 is 0. The largest absolute Gasteiger partial charge is 0.322 e. The number of hydrogen-bond acceptors (Lipinski definition) is 5. The van der Waals surface area contributed by atoms with Gasteiger partial charge in [0.1, 0.15) is 5.82 Å². The number of benzene rings is 3. The molecule has 0 aliphatic rings. The Balaban J connectivity index is 1.70. The summed E-state index contributed by atoms with van der Waals surface area (Å²) < 4.78 is 67.7. The molecule has 0 bridgehead atoms. The highest BCUT2D eigenvalue weighted by Gasteiger charge is 2.18. The van der Waals surface area contributed by atoms with Crippen LogP contribution in [0.4, 0.5) is 15.8 Å². The number of halogens is 1. The van der Waals surface area contributed by atoms with Gasteiger partial charge in [-0.15, -0.1) is 0 Å². The van der Waals surface area contributed by atoms with Crippen LogP contribution in [0.5, 0.6) is 0 Å². The third-order valence-corrected chi connectivity index (χ3v) is 7.41. The fraction of sp³-hybridized carbons (Fsp3) is 0.136. The summed E-state index contributed by atoms with van der Waals surface area (Å²) in [5, 5.41) is 2.61. The maximum Gasteiger partial charge on any atom is 0.261 e. The highest BCUT2D eigenvalue weighted by Crippen LogP contribution is 2.20. The van der Waals surface area contributed by atoms with Crippen molar-refractivity contribution in [2.75, 3.05) is 10.0 Å². The van der Waals surface area contributed by atoms with E-state index in [4.69, 9.17) is 0 Å². The first-order valence-corrected chi connectivity index (χ1v) is 12.8. The van der Waals surface area contributed by atoms with E-state index in [0.717, 1.165) is 6.07 Å². The van der Waals surface area contributed by atoms with Gasteiger partial charge < -0.3 is 5.32 Å². The lowest BCUT2D eigenvalue weighted by Gasteiger charge is -2.11. The van der Waals surface area contributed by atoms with Crippen LogP contribution in [0, 0.1) is 5.82 Å². The summed E-state index contributed by atoms with van der Waals surface area (Å²) in [7, 11) is -7.70. The van der Waals surface area contributed by atoms with E-state index in [1.54, 1.807) is 13.8 Å². The lowest BCUT2D eigenvalue weighted by molar-refractivity contribution is 0.102. The predicted molar refractivity (Wildman–Crippen MR) is 124 cm³/mol. The molecule has 0 fully saturated rings. The highest BCUT2D eigenvalue weighted by atomic mass is 32.2. The Morgan fingerprint density at radius 2 is 1.33 bits per heavy atom. The standard InChI is InChI=1S/C22H22FN3O5S2/c1-15(2)25-32(28,29)19-13-9-17(10-14-19)24-22(27)16-7-11-18(12-8-16)33(30,31)26-21-6-4-3-5-20(21)23/h3-15,25-26H,1-2H3,(H,24,27). The van der Waals surface area contributed by atoms with E-state index in [9.17, 15) is 26.0 Å². The SMILES string of the molecule is CC(C)NS(=O)(=O)c1ccc(NC(=O)c2ccc(S(=O)(=O)Nc3ccccc3F)cc2)cc1. The molecule has 3 rings (SSSR count). The van der Waals surface area contributed by atoms with Crippen molar-refractivity contribution in [3.63, 3.8) is 0 Å². The Hall–Kier alpha value is -3.28. The van der Waals surface area contributed by atoms with Crippen LogP contribution in [0.3, 0.4) is 0 Å². The van der Waals surface area contributed by atoms with E-state index in [0.29, 0.717) is 5.69 Å². The molecule has 3 aromatic rings. The number of carbonyl (C=O) groups is 1. The molecule has 0 saturated heterocycles. The Bertz CT molecular complexity index is 1360. The molecule has 0 heterocycles. The number of anilines is 2. The first-order valence-electron chi connectivity index (χ1n) is 9.79. The normalized spacial score (nSPS) is 11.9. The van der Waals surface area contributed by atoms with Gasteiger partial charge in [0.05, 0.1) is 15.5 Å². The summed E-state index contributed by atoms with van der Waals surface area (Å²) in [5.41, 5.74) is 0.354. The molecule has 1 amide bonds. The predicted octanol–water partition coefficient (Wildman–Crippen LogP) is 3.57. The molecule has 0 saturated carbocycles. The molecule has 0 unspecified atom stereocenters. The number of para-hydroxylation sites is 1. The number of sulfonamides is 2. The zero-order chi connectivity index (χ0) is 24.2. The number of carbonyl (C=O) groups excluding carboxylic acids is 1. The number of amides is 1. The van der Waals surface area contributed by atoms with E-state index in [2.05, 4.69) is 14.8 Å². The van der Waals surface area contributed by atoms with Crippen molar-refractivity contribution < 1.29 is 26.0 Å². The van der Waals surface area contributed by atoms with E-state index in [-0.39, 0.29) is 27.1 Å². The topological polar surface area (TPSA) is 121 Å². The van der Waals surface area contributed by atoms with Crippen molar-refractivity contribution >= 4 is 37.3 Å². The average Bonchev–Trinajstić information content (AvgIpc) is 2.75. The van der Waals surface area contributed by atoms with Crippen molar-refractivity contribution in [1.29, 1.82) is 0 Å². The van der Waals surface area contributed by atoms with Gasteiger partial charge >= 0.3 is 0 Å². The molecule has 174 valence electrons. The molecule has 0 aromatic heterocycles. The second-order valence-electron chi connectivity index (χ2n) is 7.36. The molecule has 3 aromatic carbocycles. The van der Waals surface area contributed by atoms with Crippen molar-refractivity contribution in [2.24, 2.45) is 0 Å². The van der Waals surface area contributed by atoms with Gasteiger partial charge in [0.2, 0.25) is 10.0 Å². The van der Waals surface area contributed by atoms with Crippen LogP contribution in [0.25, 0.3) is 0 Å². The Kier molecular flexibility index (Phi) is 7.15. The summed E-state index contributed by atoms with van der Waals surface area (Å²) in [5.74, 6) is -1.23. The van der Waals surface area contributed by atoms with Crippen LogP contribution in [0.15, 0.2) is 82.6 Å². The first-order chi connectivity index (χ1) is 15.5. The van der Waals surface area contributed by atoms with Crippen LogP contribution in [-0.4, -0.2) is 28.8 Å². The molecule has 0 radical (unpaired) electrons. The molecule has 0 aliphatic carbocycles. The van der Waals surface area contributed by atoms with E-state index in [1.165, 1.54) is 66.7 Å². The molecule has 33 heavy (non-hydrogen) atoms. The number of hydrogen-bond donors (Lipinski definition) is 3. The third kappa shape index (κ3) is 6.15. The van der Waals surface area contributed by atoms with Crippen molar-refractivity contribution in [2.45, 2.75) is 29.7 Å². The van der Waals surface area contributed by atoms with Crippen LogP contribution < -0.4 is 14.8 Å². The van der Waals surface area contributed by atoms with Gasteiger partial charge in [0.15, 0.2) is 0 Å². The Labute approximate surface area is 192 Å². The van der Waals surface area contributed by atoms with Crippen molar-refractivity contribution in [1.82, 2.24) is 4.72 Å². The van der Waals surface area contributed by atoms with Crippen molar-refractivity contribution in [3.05, 3.63) is 84.2 Å². The van der Waals surface area contributed by atoms with Crippen LogP contribution in [-0.2, 0) is 20.0 Å². The van der Waals surface area contributed by atoms with Gasteiger partial charge in [-0.1, -0.05) is 12.1 Å². The third-order valence-electron chi connectivity index (χ3n) is 4.36. The zero-order valence-corrected chi connectivity index (χ0v) is 19.4. The van der Waals surface area contributed by atoms with E-state index in [1.807, 2.05) is 0 Å². The fourth-order valence-electron chi connectivity index (χ4n) is 2.83. The molecule has 0 aliphatic heterocycles. The van der Waals surface area contributed by atoms with Gasteiger partial charge in [0.25, 0.3) is 15.9 Å². The van der Waals surface area contributed by atoms with Gasteiger partial charge in [-0.05, 0) is 74.5 Å². The first kappa shape index (κ1) is 24.4. The van der Waals surface area contributed by atoms with Crippen molar-refractivity contribution in [3.8, 4) is 0 Å². The second-order valence-corrected chi connectivity index (χ2v) is 10.8. The van der Waals surface area contributed by atoms with E-state index < -0.39 is 31.8 Å². The molecular weight excluding hydrogens is 469 g/mol. The van der Waals surface area contributed by atoms with Crippen LogP contribution in [0.1, 0.15) is 24.2 Å². The smallest absolute Gasteiger partial charge is 0.261 e. The molecule has 3 N–H and O–H groups in total. The van der Waals surface area contributed by atoms with Gasteiger partial charge in [-0.25, -0.2) is 25.9 Å². The highest BCUT2D eigenvalue weighted by molar-refractivity contribution is 7.92. The monoisotopic (exact) mass is 491 g/mol. The fourth-order valence-corrected chi connectivity index (χ4v) is 5.15. The van der Waals surface area contributed by atoms with Crippen LogP contribution in [0.2, 0.25) is 0 Å². The summed E-state index contributed by atoms with van der Waals surface area (Å²) in [6.45, 7) is 3.41. The van der Waals surface area contributed by atoms with Gasteiger partial charge in [-0.3, -0.25) is 9.52 Å². The minimum atomic E-state index is -4.05. The maximum absolute atomic E-state index is 13.7. The summed E-state index contributed by atoms with van der Waals surface area (Å²) in [6.07, 6.45) is 0. The minimum absolute atomic E-state index is 0.0612. The van der Waals surface area contributed by atoms with Crippen LogP contribution >= 0.6 is 0 Å². The van der Waals surface area contributed by atoms with E-state index >= 15 is 0 Å². The molecule has 11 heteroatoms. The maximum atomic E-state index is 13.7. The lowest BCUT2D eigenvalue weighted by Crippen LogP contribution is -2.30. The zero-order valence-electron chi connectivity index (χ0n) is 17.7. The number of rotatable bonds is 8. The summed E-state index contributed by atoms with van der Waals surface area (Å²) in [6, 6.07) is 15.8. The Morgan fingerprint density at radius 1 is 0.788 bits per heavy atom. The lowest BCUT2D eigenvalue weighted by atomic mass is 10.2. The number of nitrogens with one attached hydrogen (secondary N) is 3. The quantitative estimate of drug-likeness (QED) is 0.445. The Morgan fingerprint density at radius 3 is 1.91 bits per heavy atom. The molecular formula is C22H22FN3O5S2. The van der Waals surface area contributed by atoms with Gasteiger partial charge in [-0.2, -0.15) is 0 Å². The summed E-state index contributed by atoms with van der Waals surface area (Å²) in [4.78, 5) is 12.4. The molecule has 8 nitrogen and oxygen atoms in total. The minimum Gasteiger partial charge on any atom is -0.322 e. The molecule has 0 atom stereocenters.